The molecule has 0 spiro atoms. The topological polar surface area (TPSA) is 58.1 Å². The number of halogens is 3. The highest BCUT2D eigenvalue weighted by Gasteiger charge is 2.34. The Hall–Kier alpha value is -2.64. The molecule has 1 N–H and O–H groups in total. The minimum absolute atomic E-state index is 0.00211. The van der Waals surface area contributed by atoms with Crippen LogP contribution in [0.5, 0.6) is 0 Å². The molecule has 1 aliphatic heterocycles. The van der Waals surface area contributed by atoms with Crippen molar-refractivity contribution in [2.75, 3.05) is 24.5 Å². The van der Waals surface area contributed by atoms with Gasteiger partial charge in [0.1, 0.15) is 17.3 Å². The van der Waals surface area contributed by atoms with Crippen molar-refractivity contribution in [3.8, 4) is 0 Å². The van der Waals surface area contributed by atoms with E-state index in [0.29, 0.717) is 32.5 Å². The normalized spacial score (nSPS) is 16.5. The number of alkyl halides is 3. The third kappa shape index (κ3) is 5.46. The zero-order valence-corrected chi connectivity index (χ0v) is 16.5. The minimum atomic E-state index is -4.50. The Kier molecular flexibility index (Phi) is 6.39. The molecule has 3 rings (SSSR count). The first-order valence-electron chi connectivity index (χ1n) is 9.74. The maximum absolute atomic E-state index is 13.0. The van der Waals surface area contributed by atoms with Crippen LogP contribution in [-0.4, -0.2) is 35.5 Å². The zero-order valence-electron chi connectivity index (χ0n) is 16.5. The number of rotatable bonds is 5. The van der Waals surface area contributed by atoms with Crippen molar-refractivity contribution in [2.45, 2.75) is 38.8 Å². The standard InChI is InChI=1S/C21H25F3N4O/c1-14(16-6-4-3-5-7-16)13-25-20(29)17-8-10-28(11-9-17)19-12-18(21(22,23)24)26-15(2)27-19/h3-7,12,14,17H,8-11,13H2,1-2H3,(H,25,29). The van der Waals surface area contributed by atoms with E-state index in [0.717, 1.165) is 6.07 Å². The molecule has 5 nitrogen and oxygen atoms in total. The highest BCUT2D eigenvalue weighted by atomic mass is 19.4. The number of benzene rings is 1. The molecule has 1 aromatic heterocycles. The highest BCUT2D eigenvalue weighted by Crippen LogP contribution is 2.31. The molecule has 1 saturated heterocycles. The van der Waals surface area contributed by atoms with Crippen molar-refractivity contribution in [2.24, 2.45) is 5.92 Å². The van der Waals surface area contributed by atoms with Crippen molar-refractivity contribution in [1.82, 2.24) is 15.3 Å². The van der Waals surface area contributed by atoms with E-state index in [1.54, 1.807) is 4.90 Å². The van der Waals surface area contributed by atoms with Crippen molar-refractivity contribution >= 4 is 11.7 Å². The lowest BCUT2D eigenvalue weighted by Gasteiger charge is -2.32. The molecule has 1 unspecified atom stereocenters. The van der Waals surface area contributed by atoms with E-state index in [4.69, 9.17) is 0 Å². The van der Waals surface area contributed by atoms with Gasteiger partial charge in [-0.2, -0.15) is 13.2 Å². The summed E-state index contributed by atoms with van der Waals surface area (Å²) in [6, 6.07) is 11.0. The second-order valence-corrected chi connectivity index (χ2v) is 7.47. The molecule has 156 valence electrons. The molecule has 1 aromatic carbocycles. The first-order chi connectivity index (χ1) is 13.7. The van der Waals surface area contributed by atoms with Gasteiger partial charge in [0.05, 0.1) is 0 Å². The quantitative estimate of drug-likeness (QED) is 0.817. The Morgan fingerprint density at radius 2 is 1.86 bits per heavy atom. The number of aryl methyl sites for hydroxylation is 1. The van der Waals surface area contributed by atoms with E-state index in [9.17, 15) is 18.0 Å². The summed E-state index contributed by atoms with van der Waals surface area (Å²) >= 11 is 0. The number of nitrogens with one attached hydrogen (secondary N) is 1. The molecule has 8 heteroatoms. The molecule has 1 amide bonds. The molecule has 0 radical (unpaired) electrons. The number of carbonyl (C=O) groups excluding carboxylic acids is 1. The number of anilines is 1. The van der Waals surface area contributed by atoms with Gasteiger partial charge in [-0.15, -0.1) is 0 Å². The largest absolute Gasteiger partial charge is 0.433 e. The number of piperidine rings is 1. The van der Waals surface area contributed by atoms with Crippen LogP contribution < -0.4 is 10.2 Å². The summed E-state index contributed by atoms with van der Waals surface area (Å²) in [5.41, 5.74) is 0.233. The smallest absolute Gasteiger partial charge is 0.356 e. The van der Waals surface area contributed by atoms with Crippen LogP contribution in [0.4, 0.5) is 19.0 Å². The summed E-state index contributed by atoms with van der Waals surface area (Å²) in [5, 5.41) is 3.01. The molecule has 29 heavy (non-hydrogen) atoms. The van der Waals surface area contributed by atoms with Crippen LogP contribution in [0.25, 0.3) is 0 Å². The Balaban J connectivity index is 1.54. The number of nitrogens with zero attached hydrogens (tertiary/aromatic N) is 3. The molecule has 2 heterocycles. The fourth-order valence-electron chi connectivity index (χ4n) is 3.53. The zero-order chi connectivity index (χ0) is 21.0. The number of carbonyl (C=O) groups is 1. The van der Waals surface area contributed by atoms with Crippen LogP contribution >= 0.6 is 0 Å². The van der Waals surface area contributed by atoms with Gasteiger partial charge in [0.15, 0.2) is 0 Å². The van der Waals surface area contributed by atoms with Gasteiger partial charge < -0.3 is 10.2 Å². The summed E-state index contributed by atoms with van der Waals surface area (Å²) in [5.74, 6) is 0.428. The van der Waals surface area contributed by atoms with Crippen LogP contribution in [0, 0.1) is 12.8 Å². The Labute approximate surface area is 168 Å². The number of aromatic nitrogens is 2. The predicted octanol–water partition coefficient (Wildman–Crippen LogP) is 3.94. The van der Waals surface area contributed by atoms with E-state index >= 15 is 0 Å². The molecular formula is C21H25F3N4O. The SMILES string of the molecule is Cc1nc(N2CCC(C(=O)NCC(C)c3ccccc3)CC2)cc(C(F)(F)F)n1. The lowest BCUT2D eigenvalue weighted by atomic mass is 9.95. The summed E-state index contributed by atoms with van der Waals surface area (Å²) in [7, 11) is 0. The highest BCUT2D eigenvalue weighted by molar-refractivity contribution is 5.79. The Bertz CT molecular complexity index is 834. The molecule has 0 aliphatic carbocycles. The summed E-state index contributed by atoms with van der Waals surface area (Å²) in [6.07, 6.45) is -3.35. The Morgan fingerprint density at radius 1 is 1.21 bits per heavy atom. The first-order valence-corrected chi connectivity index (χ1v) is 9.74. The number of hydrogen-bond donors (Lipinski definition) is 1. The molecule has 1 aliphatic rings. The maximum Gasteiger partial charge on any atom is 0.433 e. The third-order valence-electron chi connectivity index (χ3n) is 5.26. The number of amides is 1. The van der Waals surface area contributed by atoms with Crippen LogP contribution in [0.15, 0.2) is 36.4 Å². The average Bonchev–Trinajstić information content (AvgIpc) is 2.71. The van der Waals surface area contributed by atoms with Gasteiger partial charge in [-0.05, 0) is 31.2 Å². The van der Waals surface area contributed by atoms with Crippen LogP contribution in [-0.2, 0) is 11.0 Å². The van der Waals surface area contributed by atoms with Crippen LogP contribution in [0.3, 0.4) is 0 Å². The average molecular weight is 406 g/mol. The third-order valence-corrected chi connectivity index (χ3v) is 5.26. The lowest BCUT2D eigenvalue weighted by molar-refractivity contribution is -0.141. The maximum atomic E-state index is 13.0. The van der Waals surface area contributed by atoms with Gasteiger partial charge in [0, 0.05) is 31.6 Å². The minimum Gasteiger partial charge on any atom is -0.356 e. The van der Waals surface area contributed by atoms with Crippen molar-refractivity contribution in [1.29, 1.82) is 0 Å². The van der Waals surface area contributed by atoms with Crippen molar-refractivity contribution in [3.05, 3.63) is 53.5 Å². The first kappa shape index (κ1) is 21.1. The lowest BCUT2D eigenvalue weighted by Crippen LogP contribution is -2.41. The van der Waals surface area contributed by atoms with Gasteiger partial charge in [0.25, 0.3) is 0 Å². The Morgan fingerprint density at radius 3 is 2.48 bits per heavy atom. The molecule has 0 bridgehead atoms. The van der Waals surface area contributed by atoms with E-state index in [2.05, 4.69) is 22.2 Å². The predicted molar refractivity (Wildman–Crippen MR) is 105 cm³/mol. The summed E-state index contributed by atoms with van der Waals surface area (Å²) in [6.45, 7) is 5.05. The van der Waals surface area contributed by atoms with Gasteiger partial charge in [-0.25, -0.2) is 9.97 Å². The van der Waals surface area contributed by atoms with Crippen LogP contribution in [0.1, 0.15) is 42.8 Å². The van der Waals surface area contributed by atoms with Gasteiger partial charge in [-0.3, -0.25) is 4.79 Å². The number of hydrogen-bond acceptors (Lipinski definition) is 4. The van der Waals surface area contributed by atoms with Crippen molar-refractivity contribution in [3.63, 3.8) is 0 Å². The molecule has 1 atom stereocenters. The summed E-state index contributed by atoms with van der Waals surface area (Å²) < 4.78 is 39.0. The second-order valence-electron chi connectivity index (χ2n) is 7.47. The van der Waals surface area contributed by atoms with Gasteiger partial charge in [-0.1, -0.05) is 37.3 Å². The van der Waals surface area contributed by atoms with E-state index in [1.165, 1.54) is 12.5 Å². The van der Waals surface area contributed by atoms with Crippen LogP contribution in [0.2, 0.25) is 0 Å². The van der Waals surface area contributed by atoms with E-state index < -0.39 is 11.9 Å². The van der Waals surface area contributed by atoms with Crippen molar-refractivity contribution < 1.29 is 18.0 Å². The fourth-order valence-corrected chi connectivity index (χ4v) is 3.53. The molecule has 0 saturated carbocycles. The monoisotopic (exact) mass is 406 g/mol. The van der Waals surface area contributed by atoms with E-state index in [-0.39, 0.29) is 29.4 Å². The van der Waals surface area contributed by atoms with E-state index in [1.807, 2.05) is 30.3 Å². The fraction of sp³-hybridized carbons (Fsp3) is 0.476. The van der Waals surface area contributed by atoms with Gasteiger partial charge in [0.2, 0.25) is 5.91 Å². The molecule has 2 aromatic rings. The second kappa shape index (κ2) is 8.80. The summed E-state index contributed by atoms with van der Waals surface area (Å²) in [4.78, 5) is 21.9. The molecular weight excluding hydrogens is 381 g/mol. The molecule has 1 fully saturated rings. The van der Waals surface area contributed by atoms with Gasteiger partial charge >= 0.3 is 6.18 Å².